The Hall–Kier alpha value is -3.72. The van der Waals surface area contributed by atoms with Gasteiger partial charge in [-0.2, -0.15) is 15.4 Å². The lowest BCUT2D eigenvalue weighted by molar-refractivity contribution is -0.140. The molecule has 0 spiro atoms. The molecule has 0 aromatic heterocycles. The Morgan fingerprint density at radius 3 is 2.31 bits per heavy atom. The first kappa shape index (κ1) is 19.0. The number of nitrogens with zero attached hydrogens (tertiary/aromatic N) is 3. The summed E-state index contributed by atoms with van der Waals surface area (Å²) < 4.78 is 5.79. The number of amides is 2. The number of benzene rings is 2. The number of carbonyl (C=O) groups excluding carboxylic acids is 2. The maximum atomic E-state index is 13.0. The molecule has 6 nitrogen and oxygen atoms in total. The fourth-order valence-corrected chi connectivity index (χ4v) is 5.75. The third kappa shape index (κ3) is 2.89. The minimum atomic E-state index is -0.231. The topological polar surface area (TPSA) is 82.8 Å². The van der Waals surface area contributed by atoms with Crippen molar-refractivity contribution in [2.45, 2.75) is 13.0 Å². The summed E-state index contributed by atoms with van der Waals surface area (Å²) in [4.78, 5) is 25.9. The molecule has 2 aromatic rings. The highest BCUT2D eigenvalue weighted by molar-refractivity contribution is 6.06. The molecule has 158 valence electrons. The SMILES string of the molecule is N#Cc1ccccc1COc1ccc(/C=N\N2C(=O)[C@@H]3[C@@H]4C=C[C@H]([C@H]5C[C@H]45)[C@@H]3C2=O)cc1. The van der Waals surface area contributed by atoms with Crippen LogP contribution in [-0.4, -0.2) is 23.0 Å². The molecule has 0 N–H and O–H groups in total. The average molecular weight is 423 g/mol. The maximum Gasteiger partial charge on any atom is 0.254 e. The number of hydrogen-bond donors (Lipinski definition) is 0. The largest absolute Gasteiger partial charge is 0.489 e. The molecule has 2 aromatic carbocycles. The van der Waals surface area contributed by atoms with Gasteiger partial charge in [-0.15, -0.1) is 0 Å². The fraction of sp³-hybridized carbons (Fsp3) is 0.308. The van der Waals surface area contributed by atoms with Gasteiger partial charge >= 0.3 is 0 Å². The summed E-state index contributed by atoms with van der Waals surface area (Å²) in [5, 5.41) is 14.5. The molecule has 32 heavy (non-hydrogen) atoms. The van der Waals surface area contributed by atoms with E-state index in [4.69, 9.17) is 4.74 Å². The van der Waals surface area contributed by atoms with Crippen LogP contribution in [0.4, 0.5) is 0 Å². The van der Waals surface area contributed by atoms with Crippen LogP contribution in [0.25, 0.3) is 0 Å². The van der Waals surface area contributed by atoms with Crippen LogP contribution in [-0.2, 0) is 16.2 Å². The molecule has 3 fully saturated rings. The summed E-state index contributed by atoms with van der Waals surface area (Å²) in [6, 6.07) is 16.8. The number of nitriles is 1. The van der Waals surface area contributed by atoms with Crippen LogP contribution in [0.1, 0.15) is 23.1 Å². The van der Waals surface area contributed by atoms with Crippen LogP contribution in [0, 0.1) is 46.8 Å². The third-order valence-electron chi connectivity index (χ3n) is 7.37. The van der Waals surface area contributed by atoms with Crippen LogP contribution in [0.5, 0.6) is 5.75 Å². The lowest BCUT2D eigenvalue weighted by Crippen LogP contribution is -2.40. The number of carbonyl (C=O) groups is 2. The molecule has 1 aliphatic heterocycles. The van der Waals surface area contributed by atoms with Crippen molar-refractivity contribution in [3.8, 4) is 11.8 Å². The van der Waals surface area contributed by atoms with Crippen LogP contribution in [0.2, 0.25) is 0 Å². The van der Waals surface area contributed by atoms with Gasteiger partial charge in [-0.05, 0) is 66.0 Å². The Morgan fingerprint density at radius 2 is 1.66 bits per heavy atom. The zero-order chi connectivity index (χ0) is 21.8. The van der Waals surface area contributed by atoms with Crippen LogP contribution in [0.3, 0.4) is 0 Å². The van der Waals surface area contributed by atoms with Gasteiger partial charge < -0.3 is 4.74 Å². The molecule has 2 saturated carbocycles. The predicted molar refractivity (Wildman–Crippen MR) is 116 cm³/mol. The van der Waals surface area contributed by atoms with E-state index in [9.17, 15) is 14.9 Å². The lowest BCUT2D eigenvalue weighted by atomic mass is 9.63. The van der Waals surface area contributed by atoms with Crippen molar-refractivity contribution in [3.63, 3.8) is 0 Å². The van der Waals surface area contributed by atoms with E-state index >= 15 is 0 Å². The summed E-state index contributed by atoms with van der Waals surface area (Å²) in [6.07, 6.45) is 7.02. The monoisotopic (exact) mass is 423 g/mol. The van der Waals surface area contributed by atoms with Crippen LogP contribution < -0.4 is 4.74 Å². The van der Waals surface area contributed by atoms with Crippen molar-refractivity contribution < 1.29 is 14.3 Å². The van der Waals surface area contributed by atoms with E-state index in [0.29, 0.717) is 29.8 Å². The van der Waals surface area contributed by atoms with Gasteiger partial charge in [0.05, 0.1) is 29.7 Å². The molecule has 0 radical (unpaired) electrons. The highest BCUT2D eigenvalue weighted by Crippen LogP contribution is 2.65. The normalized spacial score (nSPS) is 31.5. The first-order valence-corrected chi connectivity index (χ1v) is 11.0. The minimum absolute atomic E-state index is 0.155. The fourth-order valence-electron chi connectivity index (χ4n) is 5.75. The van der Waals surface area contributed by atoms with Gasteiger partial charge in [0.25, 0.3) is 11.8 Å². The molecule has 0 unspecified atom stereocenters. The van der Waals surface area contributed by atoms with Crippen molar-refractivity contribution in [2.75, 3.05) is 0 Å². The van der Waals surface area contributed by atoms with Gasteiger partial charge in [-0.3, -0.25) is 9.59 Å². The molecule has 5 aliphatic rings. The maximum absolute atomic E-state index is 13.0. The first-order chi connectivity index (χ1) is 15.7. The molecule has 4 aliphatic carbocycles. The van der Waals surface area contributed by atoms with Gasteiger partial charge in [-0.1, -0.05) is 30.4 Å². The molecule has 2 amide bonds. The Bertz CT molecular complexity index is 1170. The Labute approximate surface area is 185 Å². The van der Waals surface area contributed by atoms with Gasteiger partial charge in [0.15, 0.2) is 0 Å². The van der Waals surface area contributed by atoms with E-state index in [1.807, 2.05) is 30.3 Å². The first-order valence-electron chi connectivity index (χ1n) is 11.0. The van der Waals surface area contributed by atoms with Crippen molar-refractivity contribution in [1.29, 1.82) is 5.26 Å². The van der Waals surface area contributed by atoms with Crippen LogP contribution in [0.15, 0.2) is 65.8 Å². The second kappa shape index (κ2) is 7.16. The van der Waals surface area contributed by atoms with Gasteiger partial charge in [0, 0.05) is 5.56 Å². The molecule has 1 heterocycles. The average Bonchev–Trinajstić information content (AvgIpc) is 3.61. The summed E-state index contributed by atoms with van der Waals surface area (Å²) in [7, 11) is 0. The molecular weight excluding hydrogens is 402 g/mol. The number of allylic oxidation sites excluding steroid dienone is 2. The quantitative estimate of drug-likeness (QED) is 0.419. The Morgan fingerprint density at radius 1 is 1.00 bits per heavy atom. The van der Waals surface area contributed by atoms with E-state index in [1.54, 1.807) is 24.4 Å². The number of ether oxygens (including phenoxy) is 1. The Kier molecular flexibility index (Phi) is 4.25. The number of rotatable bonds is 5. The molecule has 1 saturated heterocycles. The molecule has 6 heteroatoms. The highest BCUT2D eigenvalue weighted by Gasteiger charge is 2.67. The summed E-state index contributed by atoms with van der Waals surface area (Å²) >= 11 is 0. The molecule has 7 rings (SSSR count). The second-order valence-corrected chi connectivity index (χ2v) is 9.01. The smallest absolute Gasteiger partial charge is 0.254 e. The standard InChI is InChI=1S/C26H21N3O3/c27-12-16-3-1-2-4-17(16)14-32-18-7-5-15(6-8-18)13-28-29-25(30)23-19-9-10-20(22-11-21(19)22)24(23)26(29)31/h1-10,13,19-24H,11,14H2/b28-13-/t19-,20-,21-,22-,23-,24+/m1/s1. The van der Waals surface area contributed by atoms with Crippen LogP contribution >= 0.6 is 0 Å². The van der Waals surface area contributed by atoms with E-state index in [1.165, 1.54) is 0 Å². The van der Waals surface area contributed by atoms with Gasteiger partial charge in [0.1, 0.15) is 12.4 Å². The minimum Gasteiger partial charge on any atom is -0.489 e. The van der Waals surface area contributed by atoms with Crippen molar-refractivity contribution in [1.82, 2.24) is 5.01 Å². The zero-order valence-electron chi connectivity index (χ0n) is 17.3. The summed E-state index contributed by atoms with van der Waals surface area (Å²) in [6.45, 7) is 0.301. The molecule has 2 bridgehead atoms. The van der Waals surface area contributed by atoms with E-state index < -0.39 is 0 Å². The number of imide groups is 1. The number of hydrazone groups is 1. The van der Waals surface area contributed by atoms with Crippen molar-refractivity contribution in [2.24, 2.45) is 40.6 Å². The predicted octanol–water partition coefficient (Wildman–Crippen LogP) is 3.52. The van der Waals surface area contributed by atoms with E-state index in [-0.39, 0.29) is 35.5 Å². The summed E-state index contributed by atoms with van der Waals surface area (Å²) in [5.41, 5.74) is 2.20. The molecular formula is C26H21N3O3. The third-order valence-corrected chi connectivity index (χ3v) is 7.37. The van der Waals surface area contributed by atoms with Gasteiger partial charge in [0.2, 0.25) is 0 Å². The van der Waals surface area contributed by atoms with E-state index in [0.717, 1.165) is 22.6 Å². The number of hydrogen-bond acceptors (Lipinski definition) is 5. The van der Waals surface area contributed by atoms with Gasteiger partial charge in [-0.25, -0.2) is 0 Å². The summed E-state index contributed by atoms with van der Waals surface area (Å²) in [5.74, 6) is 1.46. The highest BCUT2D eigenvalue weighted by atomic mass is 16.5. The lowest BCUT2D eigenvalue weighted by Gasteiger charge is -2.37. The van der Waals surface area contributed by atoms with Crippen molar-refractivity contribution >= 4 is 18.0 Å². The van der Waals surface area contributed by atoms with Crippen molar-refractivity contribution in [3.05, 3.63) is 77.4 Å². The molecule has 6 atom stereocenters. The Balaban J connectivity index is 1.13. The van der Waals surface area contributed by atoms with E-state index in [2.05, 4.69) is 23.3 Å². The zero-order valence-corrected chi connectivity index (χ0v) is 17.3. The second-order valence-electron chi connectivity index (χ2n) is 9.01.